The Kier molecular flexibility index (Phi) is 9.04. The van der Waals surface area contributed by atoms with Crippen LogP contribution in [0.15, 0.2) is 0 Å². The van der Waals surface area contributed by atoms with E-state index in [9.17, 15) is 15.3 Å². The van der Waals surface area contributed by atoms with E-state index in [0.717, 1.165) is 11.5 Å². The SMILES string of the molecule is CCSC(SCC)[C@@H](O)[C@@H](O)[C@H](O)CC. The predicted octanol–water partition coefficient (Wildman–Crippen LogP) is 1.31. The van der Waals surface area contributed by atoms with E-state index in [1.165, 1.54) is 0 Å². The summed E-state index contributed by atoms with van der Waals surface area (Å²) in [4.78, 5) is 0. The van der Waals surface area contributed by atoms with Crippen LogP contribution in [0.1, 0.15) is 27.2 Å². The van der Waals surface area contributed by atoms with Crippen LogP contribution in [0, 0.1) is 0 Å². The molecular weight excluding hydrogens is 232 g/mol. The van der Waals surface area contributed by atoms with E-state index in [0.29, 0.717) is 6.42 Å². The fraction of sp³-hybridized carbons (Fsp3) is 1.00. The zero-order valence-electron chi connectivity index (χ0n) is 9.59. The van der Waals surface area contributed by atoms with Crippen molar-refractivity contribution in [2.75, 3.05) is 11.5 Å². The van der Waals surface area contributed by atoms with Gasteiger partial charge in [-0.3, -0.25) is 0 Å². The van der Waals surface area contributed by atoms with Crippen LogP contribution < -0.4 is 0 Å². The molecule has 0 aromatic rings. The molecule has 0 aliphatic carbocycles. The number of thioether (sulfide) groups is 2. The topological polar surface area (TPSA) is 60.7 Å². The van der Waals surface area contributed by atoms with E-state index in [2.05, 4.69) is 0 Å². The van der Waals surface area contributed by atoms with Gasteiger partial charge in [-0.1, -0.05) is 20.8 Å². The maximum absolute atomic E-state index is 9.89. The van der Waals surface area contributed by atoms with Gasteiger partial charge >= 0.3 is 0 Å². The molecule has 0 fully saturated rings. The molecule has 0 aromatic carbocycles. The van der Waals surface area contributed by atoms with Gasteiger partial charge in [0.1, 0.15) is 12.2 Å². The maximum Gasteiger partial charge on any atom is 0.108 e. The summed E-state index contributed by atoms with van der Waals surface area (Å²) in [6.07, 6.45) is -2.29. The van der Waals surface area contributed by atoms with Crippen LogP contribution >= 0.6 is 23.5 Å². The second kappa shape index (κ2) is 8.70. The molecule has 15 heavy (non-hydrogen) atoms. The fourth-order valence-electron chi connectivity index (χ4n) is 1.20. The van der Waals surface area contributed by atoms with E-state index in [4.69, 9.17) is 0 Å². The average molecular weight is 254 g/mol. The van der Waals surface area contributed by atoms with Gasteiger partial charge in [-0.2, -0.15) is 0 Å². The lowest BCUT2D eigenvalue weighted by Gasteiger charge is -2.28. The first-order valence-corrected chi connectivity index (χ1v) is 7.45. The predicted molar refractivity (Wildman–Crippen MR) is 68.4 cm³/mol. The van der Waals surface area contributed by atoms with Crippen LogP contribution in [0.5, 0.6) is 0 Å². The highest BCUT2D eigenvalue weighted by Crippen LogP contribution is 2.29. The molecule has 0 aliphatic heterocycles. The summed E-state index contributed by atoms with van der Waals surface area (Å²) in [5.74, 6) is 1.79. The molecule has 0 bridgehead atoms. The Morgan fingerprint density at radius 2 is 1.33 bits per heavy atom. The van der Waals surface area contributed by atoms with Gasteiger partial charge in [0.05, 0.1) is 10.7 Å². The molecule has 0 amide bonds. The van der Waals surface area contributed by atoms with Crippen molar-refractivity contribution in [3.05, 3.63) is 0 Å². The van der Waals surface area contributed by atoms with Crippen molar-refractivity contribution >= 4 is 23.5 Å². The van der Waals surface area contributed by atoms with E-state index < -0.39 is 18.3 Å². The number of aliphatic hydroxyl groups excluding tert-OH is 3. The number of hydrogen-bond acceptors (Lipinski definition) is 5. The summed E-state index contributed by atoms with van der Waals surface area (Å²) in [5, 5.41) is 29.0. The van der Waals surface area contributed by atoms with E-state index in [1.54, 1.807) is 30.4 Å². The monoisotopic (exact) mass is 254 g/mol. The van der Waals surface area contributed by atoms with E-state index in [-0.39, 0.29) is 4.58 Å². The lowest BCUT2D eigenvalue weighted by atomic mass is 10.1. The van der Waals surface area contributed by atoms with E-state index >= 15 is 0 Å². The quantitative estimate of drug-likeness (QED) is 0.570. The van der Waals surface area contributed by atoms with Crippen molar-refractivity contribution in [1.82, 2.24) is 0 Å². The summed E-state index contributed by atoms with van der Waals surface area (Å²) in [6.45, 7) is 5.82. The van der Waals surface area contributed by atoms with Crippen molar-refractivity contribution in [1.29, 1.82) is 0 Å². The molecular formula is C10H22O3S2. The standard InChI is InChI=1S/C10H22O3S2/c1-4-7(11)8(12)9(13)10(14-5-2)15-6-3/h7-13H,4-6H2,1-3H3/t7-,8+,9+/m1/s1. The van der Waals surface area contributed by atoms with Gasteiger partial charge in [0.2, 0.25) is 0 Å². The molecule has 0 aromatic heterocycles. The van der Waals surface area contributed by atoms with Gasteiger partial charge in [-0.05, 0) is 17.9 Å². The second-order valence-electron chi connectivity index (χ2n) is 3.24. The Bertz CT molecular complexity index is 152. The Labute approximate surface area is 101 Å². The highest BCUT2D eigenvalue weighted by molar-refractivity contribution is 8.17. The molecule has 0 saturated heterocycles. The lowest BCUT2D eigenvalue weighted by Crippen LogP contribution is -2.42. The minimum Gasteiger partial charge on any atom is -0.390 e. The van der Waals surface area contributed by atoms with Gasteiger partial charge in [0.15, 0.2) is 0 Å². The van der Waals surface area contributed by atoms with Crippen molar-refractivity contribution < 1.29 is 15.3 Å². The highest BCUT2D eigenvalue weighted by Gasteiger charge is 2.30. The molecule has 0 aliphatic rings. The lowest BCUT2D eigenvalue weighted by molar-refractivity contribution is -0.0533. The number of aliphatic hydroxyl groups is 3. The molecule has 0 heterocycles. The largest absolute Gasteiger partial charge is 0.390 e. The van der Waals surface area contributed by atoms with Crippen LogP contribution in [0.2, 0.25) is 0 Å². The van der Waals surface area contributed by atoms with Crippen molar-refractivity contribution in [3.63, 3.8) is 0 Å². The third-order valence-electron chi connectivity index (χ3n) is 2.10. The van der Waals surface area contributed by atoms with E-state index in [1.807, 2.05) is 13.8 Å². The molecule has 5 heteroatoms. The molecule has 0 spiro atoms. The Morgan fingerprint density at radius 3 is 1.67 bits per heavy atom. The minimum atomic E-state index is -1.04. The van der Waals surface area contributed by atoms with Crippen molar-refractivity contribution in [3.8, 4) is 0 Å². The highest BCUT2D eigenvalue weighted by atomic mass is 32.2. The normalized spacial score (nSPS) is 17.8. The van der Waals surface area contributed by atoms with Crippen LogP contribution in [-0.4, -0.2) is 49.7 Å². The molecule has 0 saturated carbocycles. The van der Waals surface area contributed by atoms with Gasteiger partial charge in [0.25, 0.3) is 0 Å². The average Bonchev–Trinajstić information content (AvgIpc) is 2.25. The van der Waals surface area contributed by atoms with Crippen molar-refractivity contribution in [2.45, 2.75) is 50.1 Å². The summed E-state index contributed by atoms with van der Waals surface area (Å²) >= 11 is 3.21. The Morgan fingerprint density at radius 1 is 0.867 bits per heavy atom. The number of rotatable bonds is 8. The van der Waals surface area contributed by atoms with Gasteiger partial charge in [-0.25, -0.2) is 0 Å². The zero-order valence-corrected chi connectivity index (χ0v) is 11.2. The first kappa shape index (κ1) is 15.6. The fourth-order valence-corrected chi connectivity index (χ4v) is 3.78. The smallest absolute Gasteiger partial charge is 0.108 e. The van der Waals surface area contributed by atoms with Crippen LogP contribution in [0.3, 0.4) is 0 Å². The molecule has 3 nitrogen and oxygen atoms in total. The second-order valence-corrected chi connectivity index (χ2v) is 6.37. The van der Waals surface area contributed by atoms with Crippen LogP contribution in [-0.2, 0) is 0 Å². The summed E-state index contributed by atoms with van der Waals surface area (Å²) in [6, 6.07) is 0. The molecule has 3 atom stereocenters. The van der Waals surface area contributed by atoms with Crippen LogP contribution in [0.4, 0.5) is 0 Å². The van der Waals surface area contributed by atoms with Gasteiger partial charge in [0, 0.05) is 0 Å². The van der Waals surface area contributed by atoms with Gasteiger partial charge < -0.3 is 15.3 Å². The third-order valence-corrected chi connectivity index (χ3v) is 4.80. The molecule has 0 radical (unpaired) electrons. The van der Waals surface area contributed by atoms with Crippen LogP contribution in [0.25, 0.3) is 0 Å². The summed E-state index contributed by atoms with van der Waals surface area (Å²) in [7, 11) is 0. The molecule has 3 N–H and O–H groups in total. The number of hydrogen-bond donors (Lipinski definition) is 3. The Hall–Kier alpha value is 0.580. The maximum atomic E-state index is 9.89. The summed E-state index contributed by atoms with van der Waals surface area (Å²) in [5.41, 5.74) is 0. The van der Waals surface area contributed by atoms with Gasteiger partial charge in [-0.15, -0.1) is 23.5 Å². The first-order valence-electron chi connectivity index (χ1n) is 5.35. The first-order chi connectivity index (χ1) is 7.08. The molecule has 0 unspecified atom stereocenters. The summed E-state index contributed by atoms with van der Waals surface area (Å²) < 4.78 is -0.0591. The third kappa shape index (κ3) is 5.45. The van der Waals surface area contributed by atoms with Crippen molar-refractivity contribution in [2.24, 2.45) is 0 Å². The minimum absolute atomic E-state index is 0.0591. The molecule has 92 valence electrons. The Balaban J connectivity index is 4.26. The zero-order chi connectivity index (χ0) is 11.8. The molecule has 0 rings (SSSR count).